The number of carbonyl (C=O) groups is 2. The molecule has 1 unspecified atom stereocenters. The molecular formula is C19H18O5. The fraction of sp³-hybridized carbons (Fsp3) is 0.263. The Hall–Kier alpha value is -2.66. The Morgan fingerprint density at radius 1 is 1.21 bits per heavy atom. The third kappa shape index (κ3) is 2.37. The lowest BCUT2D eigenvalue weighted by Gasteiger charge is -2.26. The Balaban J connectivity index is 2.28. The topological polar surface area (TPSA) is 83.8 Å². The number of rotatable bonds is 5. The van der Waals surface area contributed by atoms with Gasteiger partial charge in [-0.05, 0) is 17.7 Å². The first-order valence-electron chi connectivity index (χ1n) is 7.77. The summed E-state index contributed by atoms with van der Waals surface area (Å²) < 4.78 is 5.77. The quantitative estimate of drug-likeness (QED) is 0.825. The molecule has 0 fully saturated rings. The van der Waals surface area contributed by atoms with Crippen molar-refractivity contribution in [2.75, 3.05) is 13.2 Å². The molecule has 0 bridgehead atoms. The Labute approximate surface area is 139 Å². The van der Waals surface area contributed by atoms with E-state index in [-0.39, 0.29) is 36.5 Å². The Bertz CT molecular complexity index is 797. The number of carboxylic acids is 1. The van der Waals surface area contributed by atoms with Gasteiger partial charge in [-0.1, -0.05) is 37.3 Å². The molecule has 0 saturated carbocycles. The van der Waals surface area contributed by atoms with Crippen molar-refractivity contribution in [3.63, 3.8) is 0 Å². The predicted octanol–water partition coefficient (Wildman–Crippen LogP) is 2.65. The number of ketones is 1. The van der Waals surface area contributed by atoms with Gasteiger partial charge in [0.1, 0.15) is 12.4 Å². The van der Waals surface area contributed by atoms with Crippen LogP contribution in [0, 0.1) is 0 Å². The zero-order chi connectivity index (χ0) is 17.3. The lowest BCUT2D eigenvalue weighted by Crippen LogP contribution is -2.33. The maximum Gasteiger partial charge on any atom is 0.335 e. The van der Waals surface area contributed by atoms with Gasteiger partial charge in [0.25, 0.3) is 0 Å². The third-order valence-corrected chi connectivity index (χ3v) is 4.53. The van der Waals surface area contributed by atoms with Crippen molar-refractivity contribution < 1.29 is 24.5 Å². The Morgan fingerprint density at radius 3 is 2.50 bits per heavy atom. The fourth-order valence-electron chi connectivity index (χ4n) is 3.15. The van der Waals surface area contributed by atoms with Gasteiger partial charge in [-0.15, -0.1) is 0 Å². The summed E-state index contributed by atoms with van der Waals surface area (Å²) in [5, 5.41) is 19.5. The minimum Gasteiger partial charge on any atom is -0.491 e. The molecule has 24 heavy (non-hydrogen) atoms. The molecule has 5 nitrogen and oxygen atoms in total. The second-order valence-corrected chi connectivity index (χ2v) is 5.88. The van der Waals surface area contributed by atoms with Crippen molar-refractivity contribution in [3.8, 4) is 5.75 Å². The van der Waals surface area contributed by atoms with Crippen LogP contribution < -0.4 is 4.74 Å². The highest BCUT2D eigenvalue weighted by Gasteiger charge is 2.44. The number of carboxylic acid groups (broad SMARTS) is 1. The lowest BCUT2D eigenvalue weighted by molar-refractivity contribution is 0.0696. The molecule has 1 atom stereocenters. The van der Waals surface area contributed by atoms with Crippen molar-refractivity contribution >= 4 is 11.8 Å². The van der Waals surface area contributed by atoms with Crippen LogP contribution in [0.15, 0.2) is 42.5 Å². The van der Waals surface area contributed by atoms with E-state index in [0.717, 1.165) is 5.56 Å². The lowest BCUT2D eigenvalue weighted by atomic mass is 9.75. The molecule has 124 valence electrons. The van der Waals surface area contributed by atoms with E-state index < -0.39 is 11.4 Å². The fourth-order valence-corrected chi connectivity index (χ4v) is 3.15. The van der Waals surface area contributed by atoms with Gasteiger partial charge in [0.15, 0.2) is 5.78 Å². The first-order valence-corrected chi connectivity index (χ1v) is 7.77. The minimum absolute atomic E-state index is 0.0183. The molecule has 0 amide bonds. The first kappa shape index (κ1) is 16.2. The standard InChI is InChI=1S/C19H18O5/c1-2-16(21)14-8-12(18(22)23)9-15-17(14)24-11-19(15,10-20)13-6-4-3-5-7-13/h3-9,20H,2,10-11H2,1H3,(H,22,23). The van der Waals surface area contributed by atoms with Crippen LogP contribution in [0.5, 0.6) is 5.75 Å². The third-order valence-electron chi connectivity index (χ3n) is 4.53. The number of carbonyl (C=O) groups excluding carboxylic acids is 1. The van der Waals surface area contributed by atoms with Crippen molar-refractivity contribution in [1.29, 1.82) is 0 Å². The van der Waals surface area contributed by atoms with E-state index in [4.69, 9.17) is 4.74 Å². The number of Topliss-reactive ketones (excluding diaryl/α,β-unsaturated/α-hetero) is 1. The van der Waals surface area contributed by atoms with Crippen molar-refractivity contribution in [3.05, 3.63) is 64.7 Å². The maximum absolute atomic E-state index is 12.2. The summed E-state index contributed by atoms with van der Waals surface area (Å²) in [6.45, 7) is 1.64. The molecule has 0 radical (unpaired) electrons. The van der Waals surface area contributed by atoms with E-state index in [0.29, 0.717) is 11.3 Å². The summed E-state index contributed by atoms with van der Waals surface area (Å²) in [5.74, 6) is -0.921. The number of hydrogen-bond donors (Lipinski definition) is 2. The monoisotopic (exact) mass is 326 g/mol. The van der Waals surface area contributed by atoms with Gasteiger partial charge < -0.3 is 14.9 Å². The summed E-state index contributed by atoms with van der Waals surface area (Å²) >= 11 is 0. The van der Waals surface area contributed by atoms with Gasteiger partial charge in [0.05, 0.1) is 23.1 Å². The molecule has 2 aromatic rings. The van der Waals surface area contributed by atoms with Crippen LogP contribution in [-0.4, -0.2) is 35.2 Å². The molecule has 0 aliphatic carbocycles. The molecule has 0 saturated heterocycles. The highest BCUT2D eigenvalue weighted by molar-refractivity contribution is 6.02. The molecular weight excluding hydrogens is 308 g/mol. The molecule has 0 aromatic heterocycles. The smallest absolute Gasteiger partial charge is 0.335 e. The van der Waals surface area contributed by atoms with Crippen LogP contribution >= 0.6 is 0 Å². The van der Waals surface area contributed by atoms with Crippen LogP contribution in [0.4, 0.5) is 0 Å². The van der Waals surface area contributed by atoms with Gasteiger partial charge in [-0.3, -0.25) is 4.79 Å². The van der Waals surface area contributed by atoms with Crippen LogP contribution in [0.1, 0.15) is 45.2 Å². The summed E-state index contributed by atoms with van der Waals surface area (Å²) in [6, 6.07) is 12.2. The number of aromatic carboxylic acids is 1. The number of aliphatic hydroxyl groups excluding tert-OH is 1. The Kier molecular flexibility index (Phi) is 4.11. The highest BCUT2D eigenvalue weighted by atomic mass is 16.5. The van der Waals surface area contributed by atoms with Crippen LogP contribution in [0.3, 0.4) is 0 Å². The molecule has 3 rings (SSSR count). The van der Waals surface area contributed by atoms with Gasteiger partial charge in [0.2, 0.25) is 0 Å². The predicted molar refractivity (Wildman–Crippen MR) is 87.8 cm³/mol. The number of fused-ring (bicyclic) bond motifs is 1. The number of hydrogen-bond acceptors (Lipinski definition) is 4. The van der Waals surface area contributed by atoms with E-state index in [9.17, 15) is 19.8 Å². The molecule has 0 spiro atoms. The molecule has 5 heteroatoms. The van der Waals surface area contributed by atoms with E-state index in [2.05, 4.69) is 0 Å². The molecule has 2 N–H and O–H groups in total. The average molecular weight is 326 g/mol. The summed E-state index contributed by atoms with van der Waals surface area (Å²) in [6.07, 6.45) is 0.246. The summed E-state index contributed by atoms with van der Waals surface area (Å²) in [4.78, 5) is 23.7. The van der Waals surface area contributed by atoms with Gasteiger partial charge >= 0.3 is 5.97 Å². The molecule has 1 aliphatic heterocycles. The Morgan fingerprint density at radius 2 is 1.92 bits per heavy atom. The molecule has 1 aliphatic rings. The maximum atomic E-state index is 12.2. The van der Waals surface area contributed by atoms with Crippen LogP contribution in [0.25, 0.3) is 0 Å². The SMILES string of the molecule is CCC(=O)c1cc(C(=O)O)cc2c1OCC2(CO)c1ccccc1. The summed E-state index contributed by atoms with van der Waals surface area (Å²) in [7, 11) is 0. The highest BCUT2D eigenvalue weighted by Crippen LogP contribution is 2.46. The van der Waals surface area contributed by atoms with Crippen molar-refractivity contribution in [2.24, 2.45) is 0 Å². The second kappa shape index (κ2) is 6.09. The normalized spacial score (nSPS) is 18.8. The largest absolute Gasteiger partial charge is 0.491 e. The van der Waals surface area contributed by atoms with Crippen LogP contribution in [-0.2, 0) is 5.41 Å². The average Bonchev–Trinajstić information content (AvgIpc) is 3.00. The number of ether oxygens (including phenoxy) is 1. The minimum atomic E-state index is -1.12. The van der Waals surface area contributed by atoms with Gasteiger partial charge in [-0.25, -0.2) is 4.79 Å². The van der Waals surface area contributed by atoms with E-state index in [1.807, 2.05) is 30.3 Å². The second-order valence-electron chi connectivity index (χ2n) is 5.88. The molecule has 2 aromatic carbocycles. The van der Waals surface area contributed by atoms with Gasteiger partial charge in [0, 0.05) is 12.0 Å². The van der Waals surface area contributed by atoms with Gasteiger partial charge in [-0.2, -0.15) is 0 Å². The van der Waals surface area contributed by atoms with E-state index in [1.165, 1.54) is 12.1 Å². The van der Waals surface area contributed by atoms with E-state index >= 15 is 0 Å². The van der Waals surface area contributed by atoms with E-state index in [1.54, 1.807) is 6.92 Å². The zero-order valence-corrected chi connectivity index (χ0v) is 13.3. The van der Waals surface area contributed by atoms with Crippen molar-refractivity contribution in [1.82, 2.24) is 0 Å². The zero-order valence-electron chi connectivity index (χ0n) is 13.3. The summed E-state index contributed by atoms with van der Waals surface area (Å²) in [5.41, 5.74) is 0.783. The van der Waals surface area contributed by atoms with Crippen molar-refractivity contribution in [2.45, 2.75) is 18.8 Å². The number of benzene rings is 2. The first-order chi connectivity index (χ1) is 11.5. The molecule has 1 heterocycles. The van der Waals surface area contributed by atoms with Crippen LogP contribution in [0.2, 0.25) is 0 Å². The number of aliphatic hydroxyl groups is 1.